The third-order valence-electron chi connectivity index (χ3n) is 3.94. The number of carbonyl (C=O) groups is 3. The van der Waals surface area contributed by atoms with Gasteiger partial charge in [0, 0.05) is 6.20 Å². The number of unbranched alkanes of at least 4 members (excludes halogenated alkanes) is 1. The number of hydrogen-bond acceptors (Lipinski definition) is 9. The van der Waals surface area contributed by atoms with Gasteiger partial charge in [0.2, 0.25) is 0 Å². The fourth-order valence-electron chi connectivity index (χ4n) is 2.29. The average Bonchev–Trinajstić information content (AvgIpc) is 2.70. The second-order valence-corrected chi connectivity index (χ2v) is 5.93. The van der Waals surface area contributed by atoms with E-state index in [0.717, 1.165) is 36.0 Å². The molecule has 0 saturated carbocycles. The molecule has 3 amide bonds. The molecule has 0 spiro atoms. The van der Waals surface area contributed by atoms with Crippen LogP contribution in [0.3, 0.4) is 0 Å². The smallest absolute Gasteiger partial charge is 0.427 e. The van der Waals surface area contributed by atoms with Gasteiger partial charge in [0.25, 0.3) is 0 Å². The predicted molar refractivity (Wildman–Crippen MR) is 98.4 cm³/mol. The van der Waals surface area contributed by atoms with E-state index in [9.17, 15) is 14.4 Å². The Bertz CT molecular complexity index is 546. The molecule has 12 nitrogen and oxygen atoms in total. The Hall–Kier alpha value is -2.73. The molecule has 160 valence electrons. The van der Waals surface area contributed by atoms with E-state index in [1.807, 2.05) is 6.92 Å². The summed E-state index contributed by atoms with van der Waals surface area (Å²) < 4.78 is 14.4. The van der Waals surface area contributed by atoms with Crippen LogP contribution in [0.15, 0.2) is 12.3 Å². The van der Waals surface area contributed by atoms with Crippen molar-refractivity contribution in [1.29, 1.82) is 0 Å². The van der Waals surface area contributed by atoms with Crippen molar-refractivity contribution >= 4 is 18.3 Å². The van der Waals surface area contributed by atoms with Gasteiger partial charge in [-0.1, -0.05) is 33.1 Å². The first-order valence-electron chi connectivity index (χ1n) is 9.11. The van der Waals surface area contributed by atoms with E-state index in [2.05, 4.69) is 32.7 Å². The Kier molecular flexibility index (Phi) is 10.5. The maximum absolute atomic E-state index is 12.2. The van der Waals surface area contributed by atoms with E-state index >= 15 is 0 Å². The summed E-state index contributed by atoms with van der Waals surface area (Å²) in [5.74, 6) is 0.282. The number of methoxy groups -OCH3 is 2. The molecule has 0 aromatic carbocycles. The van der Waals surface area contributed by atoms with Crippen LogP contribution in [-0.4, -0.2) is 61.1 Å². The van der Waals surface area contributed by atoms with Gasteiger partial charge in [-0.2, -0.15) is 5.12 Å². The molecular weight excluding hydrogens is 372 g/mol. The van der Waals surface area contributed by atoms with Crippen LogP contribution < -0.4 is 16.3 Å². The Morgan fingerprint density at radius 1 is 1.04 bits per heavy atom. The van der Waals surface area contributed by atoms with Gasteiger partial charge in [0.15, 0.2) is 0 Å². The zero-order valence-corrected chi connectivity index (χ0v) is 16.8. The van der Waals surface area contributed by atoms with Crippen LogP contribution in [0.2, 0.25) is 0 Å². The van der Waals surface area contributed by atoms with Crippen LogP contribution in [0.5, 0.6) is 0 Å². The van der Waals surface area contributed by atoms with Gasteiger partial charge in [0.05, 0.1) is 27.4 Å². The van der Waals surface area contributed by atoms with Crippen molar-refractivity contribution in [3.63, 3.8) is 0 Å². The minimum absolute atomic E-state index is 0.182. The highest BCUT2D eigenvalue weighted by molar-refractivity contribution is 5.68. The highest BCUT2D eigenvalue weighted by Gasteiger charge is 2.29. The number of amides is 3. The fraction of sp³-hybridized carbons (Fsp3) is 0.688. The second kappa shape index (κ2) is 12.6. The molecule has 12 heteroatoms. The number of ether oxygens (including phenoxy) is 3. The zero-order chi connectivity index (χ0) is 20.9. The maximum Gasteiger partial charge on any atom is 0.427 e. The first-order chi connectivity index (χ1) is 13.4. The number of hydrogen-bond donors (Lipinski definition) is 3. The van der Waals surface area contributed by atoms with Crippen LogP contribution in [0.1, 0.15) is 39.5 Å². The number of carbonyl (C=O) groups excluding carboxylic acids is 3. The Labute approximate surface area is 164 Å². The molecule has 0 aromatic heterocycles. The van der Waals surface area contributed by atoms with Gasteiger partial charge >= 0.3 is 18.3 Å². The molecule has 0 fully saturated rings. The molecule has 1 unspecified atom stereocenters. The van der Waals surface area contributed by atoms with Gasteiger partial charge in [-0.15, -0.1) is 5.12 Å². The van der Waals surface area contributed by atoms with Gasteiger partial charge in [-0.05, 0) is 23.6 Å². The van der Waals surface area contributed by atoms with Crippen molar-refractivity contribution in [2.75, 3.05) is 27.4 Å². The molecule has 0 radical (unpaired) electrons. The average molecular weight is 402 g/mol. The number of nitrogens with one attached hydrogen (secondary N) is 3. The predicted octanol–water partition coefficient (Wildman–Crippen LogP) is 1.65. The summed E-state index contributed by atoms with van der Waals surface area (Å²) in [4.78, 5) is 35.3. The minimum Gasteiger partial charge on any atom is -0.452 e. The standard InChI is InChI=1S/C16H30N6O6/c1-5-7-9-13(6-2)12-28-16(25)18-21-11-8-10-20(17-14(23)26-3)22(21)19-15(24)27-4/h8,11,13H,5-7,9-10,12H2,1-4H3,(H,17,23)(H,18,25)(H,19,24). The second-order valence-electron chi connectivity index (χ2n) is 5.93. The normalized spacial score (nSPS) is 15.5. The summed E-state index contributed by atoms with van der Waals surface area (Å²) in [6, 6.07) is 0. The lowest BCUT2D eigenvalue weighted by Gasteiger charge is -2.41. The van der Waals surface area contributed by atoms with E-state index in [4.69, 9.17) is 4.74 Å². The first-order valence-corrected chi connectivity index (χ1v) is 9.11. The minimum atomic E-state index is -0.822. The zero-order valence-electron chi connectivity index (χ0n) is 16.8. The van der Waals surface area contributed by atoms with Crippen molar-refractivity contribution in [2.24, 2.45) is 5.92 Å². The van der Waals surface area contributed by atoms with E-state index < -0.39 is 18.3 Å². The molecule has 0 aliphatic carbocycles. The molecule has 0 bridgehead atoms. The van der Waals surface area contributed by atoms with E-state index in [1.54, 1.807) is 6.08 Å². The molecule has 1 aliphatic heterocycles. The summed E-state index contributed by atoms with van der Waals surface area (Å²) in [6.45, 7) is 4.63. The molecule has 1 heterocycles. The number of rotatable bonds is 9. The number of nitrogens with zero attached hydrogens (tertiary/aromatic N) is 3. The van der Waals surface area contributed by atoms with Crippen LogP contribution in [-0.2, 0) is 14.2 Å². The van der Waals surface area contributed by atoms with Crippen LogP contribution in [0.25, 0.3) is 0 Å². The summed E-state index contributed by atoms with van der Waals surface area (Å²) >= 11 is 0. The van der Waals surface area contributed by atoms with Crippen molar-refractivity contribution in [3.05, 3.63) is 12.3 Å². The van der Waals surface area contributed by atoms with E-state index in [1.165, 1.54) is 25.5 Å². The maximum atomic E-state index is 12.2. The lowest BCUT2D eigenvalue weighted by atomic mass is 10.0. The largest absolute Gasteiger partial charge is 0.452 e. The monoisotopic (exact) mass is 402 g/mol. The van der Waals surface area contributed by atoms with Crippen molar-refractivity contribution in [1.82, 2.24) is 31.7 Å². The SMILES string of the molecule is CCCCC(CC)COC(=O)NN1C=CCN(NC(=O)OC)N1NC(=O)OC. The third-order valence-corrected chi connectivity index (χ3v) is 3.94. The molecule has 28 heavy (non-hydrogen) atoms. The van der Waals surface area contributed by atoms with Gasteiger partial charge in [0.1, 0.15) is 0 Å². The molecule has 3 N–H and O–H groups in total. The van der Waals surface area contributed by atoms with Crippen molar-refractivity contribution in [2.45, 2.75) is 39.5 Å². The highest BCUT2D eigenvalue weighted by Crippen LogP contribution is 2.13. The Balaban J connectivity index is 2.71. The third kappa shape index (κ3) is 7.88. The molecule has 0 saturated heterocycles. The molecule has 1 aliphatic rings. The summed E-state index contributed by atoms with van der Waals surface area (Å²) in [5, 5.41) is 3.32. The van der Waals surface area contributed by atoms with Crippen LogP contribution in [0.4, 0.5) is 14.4 Å². The van der Waals surface area contributed by atoms with E-state index in [-0.39, 0.29) is 19.1 Å². The van der Waals surface area contributed by atoms with Gasteiger partial charge in [-0.3, -0.25) is 0 Å². The van der Waals surface area contributed by atoms with Crippen LogP contribution in [0, 0.1) is 5.92 Å². The molecule has 0 aromatic rings. The molecule has 1 rings (SSSR count). The molecule has 1 atom stereocenters. The lowest BCUT2D eigenvalue weighted by molar-refractivity contribution is -0.231. The lowest BCUT2D eigenvalue weighted by Crippen LogP contribution is -2.69. The fourth-order valence-corrected chi connectivity index (χ4v) is 2.29. The molecular formula is C16H30N6O6. The Morgan fingerprint density at radius 3 is 2.32 bits per heavy atom. The highest BCUT2D eigenvalue weighted by atomic mass is 16.6. The quantitative estimate of drug-likeness (QED) is 0.494. The van der Waals surface area contributed by atoms with E-state index in [0.29, 0.717) is 0 Å². The van der Waals surface area contributed by atoms with Gasteiger partial charge < -0.3 is 14.2 Å². The van der Waals surface area contributed by atoms with Gasteiger partial charge in [-0.25, -0.2) is 30.7 Å². The first kappa shape index (κ1) is 23.3. The number of hydrazine groups is 5. The van der Waals surface area contributed by atoms with Crippen molar-refractivity contribution in [3.8, 4) is 0 Å². The summed E-state index contributed by atoms with van der Waals surface area (Å²) in [5.41, 5.74) is 7.18. The topological polar surface area (TPSA) is 125 Å². The van der Waals surface area contributed by atoms with Crippen molar-refractivity contribution < 1.29 is 28.6 Å². The summed E-state index contributed by atoms with van der Waals surface area (Å²) in [7, 11) is 2.38. The Morgan fingerprint density at radius 2 is 1.71 bits per heavy atom. The van der Waals surface area contributed by atoms with Crippen LogP contribution >= 0.6 is 0 Å². The summed E-state index contributed by atoms with van der Waals surface area (Å²) in [6.07, 6.45) is 4.84.